The van der Waals surface area contributed by atoms with Crippen LogP contribution in [0.15, 0.2) is 5.16 Å². The third-order valence-corrected chi connectivity index (χ3v) is 0.391. The van der Waals surface area contributed by atoms with Crippen molar-refractivity contribution >= 4 is 24.0 Å². The number of carbonyl (C=O) groups is 1. The first-order valence-corrected chi connectivity index (χ1v) is 1.62. The maximum absolute atomic E-state index is 9.75. The Morgan fingerprint density at radius 1 is 2.00 bits per heavy atom. The number of halogens is 1. The van der Waals surface area contributed by atoms with Crippen LogP contribution in [0.4, 0.5) is 0 Å². The molecule has 0 aliphatic heterocycles. The molecule has 1 N–H and O–H groups in total. The van der Waals surface area contributed by atoms with Crippen LogP contribution in [0, 0.1) is 0 Å². The fraction of sp³-hybridized carbons (Fsp3) is 0. The highest BCUT2D eigenvalue weighted by molar-refractivity contribution is 6.30. The van der Waals surface area contributed by atoms with Crippen molar-refractivity contribution in [1.29, 1.82) is 0 Å². The van der Waals surface area contributed by atoms with Crippen LogP contribution in [-0.4, -0.2) is 17.4 Å². The first-order valence-electron chi connectivity index (χ1n) is 1.31. The van der Waals surface area contributed by atoms with Crippen LogP contribution in [0.1, 0.15) is 0 Å². The zero-order chi connectivity index (χ0) is 5.70. The molecule has 0 amide bonds. The summed E-state index contributed by atoms with van der Waals surface area (Å²) in [5.41, 5.74) is 0. The van der Waals surface area contributed by atoms with Gasteiger partial charge in [-0.05, 0) is 0 Å². The minimum absolute atomic E-state index is 0.535. The summed E-state index contributed by atoms with van der Waals surface area (Å²) in [4.78, 5) is 9.75. The van der Waals surface area contributed by atoms with Gasteiger partial charge in [0.25, 0.3) is 0 Å². The normalized spacial score (nSPS) is 9.29. The zero-order valence-corrected chi connectivity index (χ0v) is 3.92. The molecule has 0 fully saturated rings. The van der Waals surface area contributed by atoms with E-state index in [0.29, 0.717) is 6.21 Å². The molecule has 0 aromatic rings. The Hall–Kier alpha value is -0.770. The molecular formula is C2H2ClNO3. The molecular weight excluding hydrogens is 121 g/mol. The molecule has 0 aromatic heterocycles. The molecule has 0 aliphatic rings. The Kier molecular flexibility index (Phi) is 3.04. The number of nitrogens with zero attached hydrogens (tertiary/aromatic N) is 1. The lowest BCUT2D eigenvalue weighted by molar-refractivity contribution is -0.126. The van der Waals surface area contributed by atoms with E-state index >= 15 is 0 Å². The third-order valence-electron chi connectivity index (χ3n) is 0.239. The highest BCUT2D eigenvalue weighted by Crippen LogP contribution is 1.76. The molecule has 0 heterocycles. The van der Waals surface area contributed by atoms with E-state index in [9.17, 15) is 4.79 Å². The van der Waals surface area contributed by atoms with Crippen LogP contribution in [0.2, 0.25) is 0 Å². The zero-order valence-electron chi connectivity index (χ0n) is 3.17. The third kappa shape index (κ3) is 3.05. The number of hydrogen-bond acceptors (Lipinski definition) is 4. The van der Waals surface area contributed by atoms with E-state index in [4.69, 9.17) is 5.21 Å². The second-order valence-electron chi connectivity index (χ2n) is 0.641. The van der Waals surface area contributed by atoms with E-state index in [1.165, 1.54) is 0 Å². The molecule has 0 aliphatic carbocycles. The monoisotopic (exact) mass is 123 g/mol. The van der Waals surface area contributed by atoms with Crippen molar-refractivity contribution in [2.45, 2.75) is 0 Å². The van der Waals surface area contributed by atoms with Crippen molar-refractivity contribution in [3.63, 3.8) is 0 Å². The lowest BCUT2D eigenvalue weighted by Gasteiger charge is -1.77. The van der Waals surface area contributed by atoms with Crippen LogP contribution in [-0.2, 0) is 9.08 Å². The highest BCUT2D eigenvalue weighted by Gasteiger charge is 1.90. The van der Waals surface area contributed by atoms with Gasteiger partial charge in [0.2, 0.25) is 0 Å². The molecule has 0 unspecified atom stereocenters. The largest absolute Gasteiger partial charge is 0.411 e. The van der Waals surface area contributed by atoms with Crippen LogP contribution in [0.25, 0.3) is 0 Å². The number of carbonyl (C=O) groups excluding carboxylic acids is 1. The van der Waals surface area contributed by atoms with E-state index in [0.717, 1.165) is 0 Å². The molecule has 0 rings (SSSR count). The van der Waals surface area contributed by atoms with Gasteiger partial charge < -0.3 is 9.50 Å². The van der Waals surface area contributed by atoms with Crippen molar-refractivity contribution < 1.29 is 14.3 Å². The quantitative estimate of drug-likeness (QED) is 0.307. The Bertz CT molecular complexity index is 90.9. The SMILES string of the molecule is O=C(C=NO)OCl. The second-order valence-corrected chi connectivity index (χ2v) is 0.795. The summed E-state index contributed by atoms with van der Waals surface area (Å²) < 4.78 is 3.51. The van der Waals surface area contributed by atoms with Gasteiger partial charge in [0.15, 0.2) is 6.21 Å². The van der Waals surface area contributed by atoms with Crippen LogP contribution >= 0.6 is 11.9 Å². The summed E-state index contributed by atoms with van der Waals surface area (Å²) in [6.07, 6.45) is 0.535. The van der Waals surface area contributed by atoms with Gasteiger partial charge in [-0.25, -0.2) is 4.79 Å². The van der Waals surface area contributed by atoms with E-state index in [2.05, 4.69) is 21.3 Å². The highest BCUT2D eigenvalue weighted by atomic mass is 35.5. The van der Waals surface area contributed by atoms with E-state index in [1.807, 2.05) is 0 Å². The van der Waals surface area contributed by atoms with Crippen molar-refractivity contribution in [2.75, 3.05) is 0 Å². The maximum Gasteiger partial charge on any atom is 0.370 e. The molecule has 0 radical (unpaired) electrons. The first-order chi connectivity index (χ1) is 3.31. The molecule has 0 spiro atoms. The lowest BCUT2D eigenvalue weighted by Crippen LogP contribution is -1.96. The Labute approximate surface area is 44.5 Å². The van der Waals surface area contributed by atoms with E-state index in [1.54, 1.807) is 0 Å². The minimum atomic E-state index is -0.899. The molecule has 0 saturated carbocycles. The average Bonchev–Trinajstić information content (AvgIpc) is 1.68. The van der Waals surface area contributed by atoms with Gasteiger partial charge in [-0.15, -0.1) is 0 Å². The standard InChI is InChI=1S/C2H2ClNO3/c3-7-2(5)1-4-6/h1,6H. The van der Waals surface area contributed by atoms with Gasteiger partial charge in [0, 0.05) is 0 Å². The average molecular weight is 123 g/mol. The molecule has 7 heavy (non-hydrogen) atoms. The number of oxime groups is 1. The fourth-order valence-electron chi connectivity index (χ4n) is 0.0671. The Morgan fingerprint density at radius 2 is 2.57 bits per heavy atom. The van der Waals surface area contributed by atoms with Crippen LogP contribution in [0.3, 0.4) is 0 Å². The minimum Gasteiger partial charge on any atom is -0.411 e. The van der Waals surface area contributed by atoms with Crippen molar-refractivity contribution in [2.24, 2.45) is 5.16 Å². The predicted octanol–water partition coefficient (Wildman–Crippen LogP) is 0.143. The summed E-state index contributed by atoms with van der Waals surface area (Å²) in [5, 5.41) is 9.90. The van der Waals surface area contributed by atoms with E-state index < -0.39 is 5.97 Å². The first kappa shape index (κ1) is 6.23. The predicted molar refractivity (Wildman–Crippen MR) is 22.2 cm³/mol. The van der Waals surface area contributed by atoms with E-state index in [-0.39, 0.29) is 0 Å². The lowest BCUT2D eigenvalue weighted by atomic mass is 10.8. The van der Waals surface area contributed by atoms with Crippen molar-refractivity contribution in [1.82, 2.24) is 0 Å². The van der Waals surface area contributed by atoms with Crippen LogP contribution < -0.4 is 0 Å². The smallest absolute Gasteiger partial charge is 0.370 e. The summed E-state index contributed by atoms with van der Waals surface area (Å²) in [5.74, 6) is -0.899. The molecule has 0 aromatic carbocycles. The maximum atomic E-state index is 9.75. The van der Waals surface area contributed by atoms with Crippen LogP contribution in [0.5, 0.6) is 0 Å². The topological polar surface area (TPSA) is 58.9 Å². The molecule has 40 valence electrons. The van der Waals surface area contributed by atoms with Gasteiger partial charge in [0.05, 0.1) is 0 Å². The Balaban J connectivity index is 3.37. The number of rotatable bonds is 1. The van der Waals surface area contributed by atoms with Crippen molar-refractivity contribution in [3.05, 3.63) is 0 Å². The molecule has 0 bridgehead atoms. The summed E-state index contributed by atoms with van der Waals surface area (Å²) in [6.45, 7) is 0. The van der Waals surface area contributed by atoms with Gasteiger partial charge in [-0.1, -0.05) is 5.16 Å². The van der Waals surface area contributed by atoms with Gasteiger partial charge in [-0.2, -0.15) is 0 Å². The summed E-state index contributed by atoms with van der Waals surface area (Å²) in [6, 6.07) is 0. The Morgan fingerprint density at radius 3 is 2.71 bits per heavy atom. The molecule has 4 nitrogen and oxygen atoms in total. The van der Waals surface area contributed by atoms with Crippen molar-refractivity contribution in [3.8, 4) is 0 Å². The second kappa shape index (κ2) is 3.42. The number of hydrogen-bond donors (Lipinski definition) is 1. The summed E-state index contributed by atoms with van der Waals surface area (Å²) in [7, 11) is 0. The molecule has 0 atom stereocenters. The van der Waals surface area contributed by atoms with Gasteiger partial charge in [0.1, 0.15) is 11.9 Å². The van der Waals surface area contributed by atoms with Gasteiger partial charge in [-0.3, -0.25) is 0 Å². The summed E-state index contributed by atoms with van der Waals surface area (Å²) >= 11 is 4.48. The van der Waals surface area contributed by atoms with Gasteiger partial charge >= 0.3 is 5.97 Å². The molecule has 5 heteroatoms. The fourth-order valence-corrected chi connectivity index (χ4v) is 0.107. The molecule has 0 saturated heterocycles.